The fourth-order valence-electron chi connectivity index (χ4n) is 3.25. The topological polar surface area (TPSA) is 29.3 Å². The molecule has 0 spiro atoms. The van der Waals surface area contributed by atoms with Gasteiger partial charge in [-0.3, -0.25) is 0 Å². The molecule has 2 N–H and O–H groups in total. The smallest absolute Gasteiger partial charge is 0.125 e. The van der Waals surface area contributed by atoms with Gasteiger partial charge in [0, 0.05) is 18.8 Å². The van der Waals surface area contributed by atoms with Gasteiger partial charge in [-0.1, -0.05) is 19.8 Å². The van der Waals surface area contributed by atoms with E-state index in [1.807, 2.05) is 0 Å². The maximum atomic E-state index is 13.7. The van der Waals surface area contributed by atoms with Gasteiger partial charge in [0.2, 0.25) is 0 Å². The van der Waals surface area contributed by atoms with Crippen molar-refractivity contribution in [1.82, 2.24) is 0 Å². The van der Waals surface area contributed by atoms with Gasteiger partial charge >= 0.3 is 0 Å². The van der Waals surface area contributed by atoms with Crippen LogP contribution in [0.2, 0.25) is 0 Å². The first kappa shape index (κ1) is 15.3. The first-order chi connectivity index (χ1) is 9.72. The quantitative estimate of drug-likeness (QED) is 0.889. The maximum Gasteiger partial charge on any atom is 0.125 e. The Bertz CT molecular complexity index is 419. The lowest BCUT2D eigenvalue weighted by Crippen LogP contribution is -2.24. The molecule has 1 aliphatic heterocycles. The summed E-state index contributed by atoms with van der Waals surface area (Å²) >= 11 is 0. The average molecular weight is 278 g/mol. The van der Waals surface area contributed by atoms with Gasteiger partial charge in [0.15, 0.2) is 0 Å². The van der Waals surface area contributed by atoms with E-state index in [1.54, 1.807) is 12.1 Å². The van der Waals surface area contributed by atoms with Crippen molar-refractivity contribution < 1.29 is 4.39 Å². The van der Waals surface area contributed by atoms with Gasteiger partial charge in [-0.2, -0.15) is 0 Å². The van der Waals surface area contributed by atoms with Crippen molar-refractivity contribution in [3.8, 4) is 0 Å². The summed E-state index contributed by atoms with van der Waals surface area (Å²) in [5, 5.41) is 0. The van der Waals surface area contributed by atoms with Crippen molar-refractivity contribution in [2.75, 3.05) is 24.5 Å². The molecule has 1 unspecified atom stereocenters. The van der Waals surface area contributed by atoms with Crippen LogP contribution in [-0.2, 0) is 6.42 Å². The molecule has 1 heterocycles. The molecule has 0 radical (unpaired) electrons. The maximum absolute atomic E-state index is 13.7. The van der Waals surface area contributed by atoms with Gasteiger partial charge in [-0.05, 0) is 61.9 Å². The normalized spacial score (nSPS) is 19.9. The van der Waals surface area contributed by atoms with E-state index in [-0.39, 0.29) is 5.82 Å². The van der Waals surface area contributed by atoms with Crippen LogP contribution in [0.3, 0.4) is 0 Å². The van der Waals surface area contributed by atoms with E-state index in [1.165, 1.54) is 32.1 Å². The van der Waals surface area contributed by atoms with Crippen LogP contribution >= 0.6 is 0 Å². The van der Waals surface area contributed by atoms with E-state index in [0.717, 1.165) is 36.7 Å². The van der Waals surface area contributed by atoms with Crippen LogP contribution in [0.1, 0.15) is 44.6 Å². The summed E-state index contributed by atoms with van der Waals surface area (Å²) in [5.41, 5.74) is 7.62. The molecule has 0 aromatic heterocycles. The number of anilines is 1. The number of nitrogens with zero attached hydrogens (tertiary/aromatic N) is 1. The number of benzene rings is 1. The SMILES string of the molecule is CCCC1CCCN(c2cc(F)cc(CCN)c2)CC1. The fourth-order valence-corrected chi connectivity index (χ4v) is 3.25. The number of rotatable bonds is 5. The third-order valence-corrected chi connectivity index (χ3v) is 4.29. The van der Waals surface area contributed by atoms with Crippen molar-refractivity contribution in [2.45, 2.75) is 45.4 Å². The molecular formula is C17H27FN2. The minimum absolute atomic E-state index is 0.139. The Labute approximate surface area is 122 Å². The highest BCUT2D eigenvalue weighted by Crippen LogP contribution is 2.26. The summed E-state index contributed by atoms with van der Waals surface area (Å²) in [6.45, 7) is 4.93. The summed E-state index contributed by atoms with van der Waals surface area (Å²) in [5.74, 6) is 0.711. The predicted molar refractivity (Wildman–Crippen MR) is 83.6 cm³/mol. The predicted octanol–water partition coefficient (Wildman–Crippen LogP) is 3.73. The largest absolute Gasteiger partial charge is 0.371 e. The lowest BCUT2D eigenvalue weighted by Gasteiger charge is -2.23. The van der Waals surface area contributed by atoms with E-state index in [4.69, 9.17) is 5.73 Å². The van der Waals surface area contributed by atoms with E-state index in [9.17, 15) is 4.39 Å². The fraction of sp³-hybridized carbons (Fsp3) is 0.647. The number of nitrogens with two attached hydrogens (primary N) is 1. The lowest BCUT2D eigenvalue weighted by atomic mass is 9.96. The van der Waals surface area contributed by atoms with E-state index < -0.39 is 0 Å². The van der Waals surface area contributed by atoms with Gasteiger partial charge in [0.1, 0.15) is 5.82 Å². The Morgan fingerprint density at radius 1 is 1.25 bits per heavy atom. The highest BCUT2D eigenvalue weighted by Gasteiger charge is 2.17. The molecule has 0 saturated carbocycles. The van der Waals surface area contributed by atoms with E-state index >= 15 is 0 Å². The Morgan fingerprint density at radius 3 is 2.85 bits per heavy atom. The van der Waals surface area contributed by atoms with Crippen molar-refractivity contribution in [1.29, 1.82) is 0 Å². The van der Waals surface area contributed by atoms with Crippen LogP contribution < -0.4 is 10.6 Å². The van der Waals surface area contributed by atoms with Crippen molar-refractivity contribution >= 4 is 5.69 Å². The molecule has 20 heavy (non-hydrogen) atoms. The lowest BCUT2D eigenvalue weighted by molar-refractivity contribution is 0.435. The Kier molecular flexibility index (Phi) is 5.84. The third kappa shape index (κ3) is 4.20. The van der Waals surface area contributed by atoms with Crippen molar-refractivity contribution in [3.63, 3.8) is 0 Å². The molecule has 1 fully saturated rings. The standard InChI is InChI=1S/C17H27FN2/c1-2-4-14-5-3-9-20(10-7-14)17-12-15(6-8-19)11-16(18)13-17/h11-14H,2-10,19H2,1H3. The molecule has 0 bridgehead atoms. The second-order valence-corrected chi connectivity index (χ2v) is 5.93. The molecule has 1 aromatic carbocycles. The number of hydrogen-bond donors (Lipinski definition) is 1. The monoisotopic (exact) mass is 278 g/mol. The Balaban J connectivity index is 2.07. The van der Waals surface area contributed by atoms with Gasteiger partial charge in [-0.25, -0.2) is 4.39 Å². The Hall–Kier alpha value is -1.09. The number of halogens is 1. The van der Waals surface area contributed by atoms with Crippen LogP contribution in [0.5, 0.6) is 0 Å². The van der Waals surface area contributed by atoms with Gasteiger partial charge in [0.25, 0.3) is 0 Å². The zero-order valence-corrected chi connectivity index (χ0v) is 12.6. The van der Waals surface area contributed by atoms with Crippen LogP contribution in [0, 0.1) is 11.7 Å². The van der Waals surface area contributed by atoms with Crippen LogP contribution in [0.25, 0.3) is 0 Å². The molecule has 2 nitrogen and oxygen atoms in total. The van der Waals surface area contributed by atoms with Crippen LogP contribution in [0.4, 0.5) is 10.1 Å². The molecule has 1 aromatic rings. The third-order valence-electron chi connectivity index (χ3n) is 4.29. The molecule has 1 atom stereocenters. The highest BCUT2D eigenvalue weighted by atomic mass is 19.1. The van der Waals surface area contributed by atoms with Gasteiger partial charge < -0.3 is 10.6 Å². The summed E-state index contributed by atoms with van der Waals surface area (Å²) in [6, 6.07) is 5.38. The highest BCUT2D eigenvalue weighted by molar-refractivity contribution is 5.49. The van der Waals surface area contributed by atoms with Gasteiger partial charge in [-0.15, -0.1) is 0 Å². The zero-order chi connectivity index (χ0) is 14.4. The van der Waals surface area contributed by atoms with Gasteiger partial charge in [0.05, 0.1) is 0 Å². The second kappa shape index (κ2) is 7.63. The average Bonchev–Trinajstić information content (AvgIpc) is 2.65. The molecule has 0 amide bonds. The molecule has 1 saturated heterocycles. The minimum atomic E-state index is -0.139. The molecular weight excluding hydrogens is 251 g/mol. The molecule has 1 aliphatic rings. The summed E-state index contributed by atoms with van der Waals surface area (Å²) < 4.78 is 13.7. The van der Waals surface area contributed by atoms with Crippen LogP contribution in [-0.4, -0.2) is 19.6 Å². The minimum Gasteiger partial charge on any atom is -0.371 e. The van der Waals surface area contributed by atoms with Crippen LogP contribution in [0.15, 0.2) is 18.2 Å². The summed E-state index contributed by atoms with van der Waals surface area (Å²) in [7, 11) is 0. The molecule has 112 valence electrons. The first-order valence-corrected chi connectivity index (χ1v) is 7.97. The molecule has 0 aliphatic carbocycles. The second-order valence-electron chi connectivity index (χ2n) is 5.93. The molecule has 3 heteroatoms. The summed E-state index contributed by atoms with van der Waals surface area (Å²) in [6.07, 6.45) is 7.11. The van der Waals surface area contributed by atoms with Crippen molar-refractivity contribution in [2.24, 2.45) is 11.7 Å². The van der Waals surface area contributed by atoms with E-state index in [2.05, 4.69) is 17.9 Å². The Morgan fingerprint density at radius 2 is 2.10 bits per heavy atom. The number of hydrogen-bond acceptors (Lipinski definition) is 2. The summed E-state index contributed by atoms with van der Waals surface area (Å²) in [4.78, 5) is 2.35. The molecule has 2 rings (SSSR count). The zero-order valence-electron chi connectivity index (χ0n) is 12.6. The first-order valence-electron chi connectivity index (χ1n) is 7.97. The van der Waals surface area contributed by atoms with Crippen molar-refractivity contribution in [3.05, 3.63) is 29.6 Å². The van der Waals surface area contributed by atoms with E-state index in [0.29, 0.717) is 6.54 Å².